The first-order chi connectivity index (χ1) is 13.4. The summed E-state index contributed by atoms with van der Waals surface area (Å²) in [5, 5.41) is 3.06. The normalized spacial score (nSPS) is 16.2. The number of hydrogen-bond acceptors (Lipinski definition) is 4. The van der Waals surface area contributed by atoms with Gasteiger partial charge in [0.05, 0.1) is 12.1 Å². The quantitative estimate of drug-likeness (QED) is 0.360. The molecule has 1 N–H and O–H groups in total. The second-order valence-electron chi connectivity index (χ2n) is 11.6. The number of carbonyl (C=O) groups excluding carboxylic acids is 2. The zero-order valence-corrected chi connectivity index (χ0v) is 22.8. The van der Waals surface area contributed by atoms with E-state index in [1.54, 1.807) is 0 Å². The number of carbonyl (C=O) groups is 2. The highest BCUT2D eigenvalue weighted by atomic mass is 28.4. The van der Waals surface area contributed by atoms with Gasteiger partial charge < -0.3 is 14.5 Å². The van der Waals surface area contributed by atoms with Gasteiger partial charge in [-0.05, 0) is 57.2 Å². The lowest BCUT2D eigenvalue weighted by atomic mass is 9.90. The van der Waals surface area contributed by atoms with Gasteiger partial charge in [0.1, 0.15) is 11.4 Å². The van der Waals surface area contributed by atoms with E-state index >= 15 is 0 Å². The van der Waals surface area contributed by atoms with Crippen molar-refractivity contribution in [1.82, 2.24) is 5.32 Å². The Hall–Kier alpha value is -0.883. The Balaban J connectivity index is 5.77. The number of alkyl carbamates (subject to hydrolysis) is 1. The number of rotatable bonds is 11. The van der Waals surface area contributed by atoms with Crippen LogP contribution >= 0.6 is 0 Å². The SMILES string of the molecule is CC[C@H](C)[C@H](NC(=O)OC(C)(C)C)[C@@H](CC(=O)CCC(C)C)O[Si](C)(C)C(C)(C)C. The van der Waals surface area contributed by atoms with Gasteiger partial charge in [-0.15, -0.1) is 0 Å². The molecule has 0 aromatic heterocycles. The van der Waals surface area contributed by atoms with Crippen molar-refractivity contribution >= 4 is 20.2 Å². The van der Waals surface area contributed by atoms with Crippen LogP contribution in [0.2, 0.25) is 18.1 Å². The second-order valence-corrected chi connectivity index (χ2v) is 16.4. The molecule has 0 saturated heterocycles. The molecule has 0 radical (unpaired) electrons. The van der Waals surface area contributed by atoms with Crippen LogP contribution in [-0.4, -0.2) is 37.9 Å². The molecule has 0 aliphatic heterocycles. The van der Waals surface area contributed by atoms with E-state index in [2.05, 4.69) is 66.9 Å². The van der Waals surface area contributed by atoms with E-state index in [0.29, 0.717) is 18.8 Å². The molecule has 6 heteroatoms. The summed E-state index contributed by atoms with van der Waals surface area (Å²) in [4.78, 5) is 25.4. The lowest BCUT2D eigenvalue weighted by Crippen LogP contribution is -2.55. The summed E-state index contributed by atoms with van der Waals surface area (Å²) >= 11 is 0. The molecule has 0 aromatic carbocycles. The summed E-state index contributed by atoms with van der Waals surface area (Å²) in [6.07, 6.45) is 1.81. The van der Waals surface area contributed by atoms with Crippen molar-refractivity contribution in [1.29, 1.82) is 0 Å². The monoisotopic (exact) mass is 443 g/mol. The Bertz CT molecular complexity index is 546. The van der Waals surface area contributed by atoms with Crippen LogP contribution in [0.1, 0.15) is 94.9 Å². The van der Waals surface area contributed by atoms with E-state index in [4.69, 9.17) is 9.16 Å². The third-order valence-electron chi connectivity index (χ3n) is 6.02. The molecule has 0 fully saturated rings. The van der Waals surface area contributed by atoms with Gasteiger partial charge in [0.25, 0.3) is 0 Å². The minimum Gasteiger partial charge on any atom is -0.444 e. The Kier molecular flexibility index (Phi) is 11.3. The van der Waals surface area contributed by atoms with Gasteiger partial charge in [0.2, 0.25) is 0 Å². The average Bonchev–Trinajstić information content (AvgIpc) is 2.53. The van der Waals surface area contributed by atoms with Crippen molar-refractivity contribution < 1.29 is 18.8 Å². The Morgan fingerprint density at radius 1 is 1.00 bits per heavy atom. The predicted octanol–water partition coefficient (Wildman–Crippen LogP) is 6.71. The molecule has 30 heavy (non-hydrogen) atoms. The van der Waals surface area contributed by atoms with Crippen molar-refractivity contribution in [3.63, 3.8) is 0 Å². The topological polar surface area (TPSA) is 64.6 Å². The van der Waals surface area contributed by atoms with Gasteiger partial charge in [-0.3, -0.25) is 4.79 Å². The summed E-state index contributed by atoms with van der Waals surface area (Å²) < 4.78 is 12.3. The van der Waals surface area contributed by atoms with Crippen molar-refractivity contribution in [3.05, 3.63) is 0 Å². The molecule has 0 rings (SSSR count). The maximum absolute atomic E-state index is 12.8. The maximum Gasteiger partial charge on any atom is 0.407 e. The van der Waals surface area contributed by atoms with E-state index in [9.17, 15) is 9.59 Å². The first-order valence-corrected chi connectivity index (χ1v) is 14.5. The van der Waals surface area contributed by atoms with Crippen molar-refractivity contribution in [2.24, 2.45) is 11.8 Å². The molecular formula is C24H49NO4Si. The van der Waals surface area contributed by atoms with Crippen LogP contribution in [0.3, 0.4) is 0 Å². The fourth-order valence-corrected chi connectivity index (χ4v) is 4.21. The summed E-state index contributed by atoms with van der Waals surface area (Å²) in [7, 11) is -2.14. The lowest BCUT2D eigenvalue weighted by molar-refractivity contribution is -0.121. The molecule has 0 heterocycles. The van der Waals surface area contributed by atoms with Gasteiger partial charge in [0.15, 0.2) is 8.32 Å². The van der Waals surface area contributed by atoms with Gasteiger partial charge in [-0.1, -0.05) is 54.9 Å². The van der Waals surface area contributed by atoms with Crippen LogP contribution in [0, 0.1) is 11.8 Å². The van der Waals surface area contributed by atoms with Crippen LogP contribution in [0.25, 0.3) is 0 Å². The zero-order valence-electron chi connectivity index (χ0n) is 21.8. The molecule has 0 spiro atoms. The average molecular weight is 444 g/mol. The molecule has 0 aliphatic carbocycles. The number of Topliss-reactive ketones (excluding diaryl/α,β-unsaturated/α-hetero) is 1. The van der Waals surface area contributed by atoms with Crippen molar-refractivity contribution in [2.45, 2.75) is 131 Å². The molecule has 0 bridgehead atoms. The van der Waals surface area contributed by atoms with Gasteiger partial charge in [0, 0.05) is 12.8 Å². The first kappa shape index (κ1) is 29.1. The highest BCUT2D eigenvalue weighted by Gasteiger charge is 2.42. The molecule has 178 valence electrons. The Morgan fingerprint density at radius 2 is 1.53 bits per heavy atom. The summed E-state index contributed by atoms with van der Waals surface area (Å²) in [6, 6.07) is -0.276. The van der Waals surface area contributed by atoms with Crippen LogP contribution in [-0.2, 0) is 14.0 Å². The van der Waals surface area contributed by atoms with Crippen LogP contribution in [0.4, 0.5) is 4.79 Å². The van der Waals surface area contributed by atoms with E-state index in [1.165, 1.54) is 0 Å². The van der Waals surface area contributed by atoms with E-state index in [0.717, 1.165) is 12.8 Å². The highest BCUT2D eigenvalue weighted by molar-refractivity contribution is 6.74. The Labute approximate surface area is 187 Å². The van der Waals surface area contributed by atoms with Gasteiger partial charge in [-0.2, -0.15) is 0 Å². The number of amides is 1. The number of ether oxygens (including phenoxy) is 1. The number of nitrogens with one attached hydrogen (secondary N) is 1. The van der Waals surface area contributed by atoms with E-state index in [-0.39, 0.29) is 28.9 Å². The maximum atomic E-state index is 12.8. The summed E-state index contributed by atoms with van der Waals surface area (Å²) in [5.41, 5.74) is -0.576. The molecule has 0 aliphatic rings. The smallest absolute Gasteiger partial charge is 0.407 e. The van der Waals surface area contributed by atoms with E-state index < -0.39 is 20.0 Å². The van der Waals surface area contributed by atoms with Gasteiger partial charge in [-0.25, -0.2) is 4.79 Å². The fourth-order valence-electron chi connectivity index (χ4n) is 2.87. The minimum absolute atomic E-state index is 0.0121. The van der Waals surface area contributed by atoms with Crippen LogP contribution in [0.5, 0.6) is 0 Å². The number of hydrogen-bond donors (Lipinski definition) is 1. The minimum atomic E-state index is -2.14. The second kappa shape index (κ2) is 11.7. The van der Waals surface area contributed by atoms with Crippen LogP contribution < -0.4 is 5.32 Å². The first-order valence-electron chi connectivity index (χ1n) is 11.6. The molecule has 3 atom stereocenters. The fraction of sp³-hybridized carbons (Fsp3) is 0.917. The standard InChI is InChI=1S/C24H49NO4Si/c1-13-18(4)21(25-22(27)28-23(5,6)7)20(16-19(26)15-14-17(2)3)29-30(11,12)24(8,9)10/h17-18,20-21H,13-16H2,1-12H3,(H,25,27)/t18-,20+,21-/m0/s1. The summed E-state index contributed by atoms with van der Waals surface area (Å²) in [5.74, 6) is 0.843. The van der Waals surface area contributed by atoms with Crippen LogP contribution in [0.15, 0.2) is 0 Å². The molecule has 0 unspecified atom stereocenters. The van der Waals surface area contributed by atoms with Crippen molar-refractivity contribution in [3.8, 4) is 0 Å². The highest BCUT2D eigenvalue weighted by Crippen LogP contribution is 2.38. The van der Waals surface area contributed by atoms with Gasteiger partial charge >= 0.3 is 6.09 Å². The number of ketones is 1. The molecular weight excluding hydrogens is 394 g/mol. The van der Waals surface area contributed by atoms with E-state index in [1.807, 2.05) is 20.8 Å². The largest absolute Gasteiger partial charge is 0.444 e. The molecule has 0 saturated carbocycles. The predicted molar refractivity (Wildman–Crippen MR) is 128 cm³/mol. The molecule has 0 aromatic rings. The Morgan fingerprint density at radius 3 is 1.93 bits per heavy atom. The lowest BCUT2D eigenvalue weighted by Gasteiger charge is -2.42. The molecule has 1 amide bonds. The zero-order chi connectivity index (χ0) is 23.9. The third kappa shape index (κ3) is 10.9. The molecule has 5 nitrogen and oxygen atoms in total. The summed E-state index contributed by atoms with van der Waals surface area (Å²) in [6.45, 7) is 25.0. The third-order valence-corrected chi connectivity index (χ3v) is 10.5. The van der Waals surface area contributed by atoms with Crippen molar-refractivity contribution in [2.75, 3.05) is 0 Å².